The van der Waals surface area contributed by atoms with Crippen molar-refractivity contribution in [3.8, 4) is 5.75 Å². The minimum absolute atomic E-state index is 0.00431. The van der Waals surface area contributed by atoms with Crippen LogP contribution in [0.4, 0.5) is 4.39 Å². The molecule has 7 nitrogen and oxygen atoms in total. The maximum Gasteiger partial charge on any atom is 0.295 e. The summed E-state index contributed by atoms with van der Waals surface area (Å²) >= 11 is 0. The Bertz CT molecular complexity index is 937. The number of carbonyl (C=O) groups excluding carboxylic acids is 2. The monoisotopic (exact) mass is 402 g/mol. The number of aliphatic hydroxyl groups is 1. The van der Waals surface area contributed by atoms with E-state index in [9.17, 15) is 19.1 Å². The smallest absolute Gasteiger partial charge is 0.295 e. The molecule has 1 atom stereocenters. The number of rotatable bonds is 7. The largest absolute Gasteiger partial charge is 0.507 e. The van der Waals surface area contributed by atoms with Crippen LogP contribution in [0.5, 0.6) is 5.75 Å². The van der Waals surface area contributed by atoms with Crippen molar-refractivity contribution >= 4 is 17.4 Å². The van der Waals surface area contributed by atoms with Crippen molar-refractivity contribution in [3.63, 3.8) is 0 Å². The van der Waals surface area contributed by atoms with Gasteiger partial charge in [0.2, 0.25) is 0 Å². The van der Waals surface area contributed by atoms with Crippen molar-refractivity contribution in [1.29, 1.82) is 0 Å². The highest BCUT2D eigenvalue weighted by Gasteiger charge is 2.47. The molecule has 1 aliphatic rings. The van der Waals surface area contributed by atoms with E-state index >= 15 is 0 Å². The third-order valence-electron chi connectivity index (χ3n) is 4.77. The van der Waals surface area contributed by atoms with Gasteiger partial charge in [-0.1, -0.05) is 0 Å². The quantitative estimate of drug-likeness (QED) is 0.436. The number of benzene rings is 1. The van der Waals surface area contributed by atoms with Gasteiger partial charge in [-0.2, -0.15) is 0 Å². The first kappa shape index (κ1) is 20.6. The molecular formula is C21H23FN2O5. The summed E-state index contributed by atoms with van der Waals surface area (Å²) in [5.74, 6) is -2.17. The lowest BCUT2D eigenvalue weighted by molar-refractivity contribution is -0.140. The summed E-state index contributed by atoms with van der Waals surface area (Å²) in [6.45, 7) is 1.01. The van der Waals surface area contributed by atoms with Gasteiger partial charge < -0.3 is 24.1 Å². The molecule has 0 spiro atoms. The fraction of sp³-hybridized carbons (Fsp3) is 0.333. The Hall–Kier alpha value is -3.13. The van der Waals surface area contributed by atoms with Gasteiger partial charge >= 0.3 is 0 Å². The normalized spacial score (nSPS) is 18.7. The number of halogens is 1. The molecule has 1 N–H and O–H groups in total. The summed E-state index contributed by atoms with van der Waals surface area (Å²) in [4.78, 5) is 28.9. The predicted octanol–water partition coefficient (Wildman–Crippen LogP) is 2.80. The van der Waals surface area contributed by atoms with Crippen LogP contribution in [-0.4, -0.2) is 60.9 Å². The number of Topliss-reactive ketones (excluding diaryl/α,β-unsaturated/α-hetero) is 1. The number of nitrogens with zero attached hydrogens (tertiary/aromatic N) is 2. The van der Waals surface area contributed by atoms with Crippen LogP contribution in [-0.2, 0) is 9.59 Å². The summed E-state index contributed by atoms with van der Waals surface area (Å²) < 4.78 is 24.5. The number of aliphatic hydroxyl groups excluding tert-OH is 1. The number of methoxy groups -OCH3 is 1. The molecule has 0 aliphatic carbocycles. The van der Waals surface area contributed by atoms with Crippen LogP contribution in [0, 0.1) is 5.82 Å². The number of hydrogen-bond acceptors (Lipinski definition) is 6. The zero-order chi connectivity index (χ0) is 21.1. The molecule has 3 rings (SSSR count). The Morgan fingerprint density at radius 1 is 1.31 bits per heavy atom. The van der Waals surface area contributed by atoms with Gasteiger partial charge in [-0.3, -0.25) is 9.59 Å². The van der Waals surface area contributed by atoms with E-state index in [0.29, 0.717) is 25.3 Å². The van der Waals surface area contributed by atoms with Crippen LogP contribution in [0.1, 0.15) is 23.8 Å². The first-order valence-corrected chi connectivity index (χ1v) is 9.15. The summed E-state index contributed by atoms with van der Waals surface area (Å²) in [6, 6.07) is 5.95. The van der Waals surface area contributed by atoms with Crippen LogP contribution in [0.2, 0.25) is 0 Å². The Morgan fingerprint density at radius 3 is 2.69 bits per heavy atom. The first-order valence-electron chi connectivity index (χ1n) is 9.15. The maximum absolute atomic E-state index is 13.8. The molecule has 29 heavy (non-hydrogen) atoms. The average Bonchev–Trinajstić information content (AvgIpc) is 3.29. The molecule has 1 amide bonds. The van der Waals surface area contributed by atoms with E-state index in [4.69, 9.17) is 9.15 Å². The van der Waals surface area contributed by atoms with Crippen LogP contribution < -0.4 is 4.74 Å². The molecule has 1 aliphatic heterocycles. The van der Waals surface area contributed by atoms with E-state index in [1.165, 1.54) is 30.4 Å². The lowest BCUT2D eigenvalue weighted by Crippen LogP contribution is -2.32. The van der Waals surface area contributed by atoms with Crippen molar-refractivity contribution in [2.75, 3.05) is 34.3 Å². The number of furan rings is 1. The van der Waals surface area contributed by atoms with E-state index in [2.05, 4.69) is 0 Å². The fourth-order valence-electron chi connectivity index (χ4n) is 3.42. The summed E-state index contributed by atoms with van der Waals surface area (Å²) in [7, 11) is 5.19. The topological polar surface area (TPSA) is 83.2 Å². The average molecular weight is 402 g/mol. The molecule has 8 heteroatoms. The number of carbonyl (C=O) groups is 2. The molecule has 0 bridgehead atoms. The summed E-state index contributed by atoms with van der Waals surface area (Å²) in [5.41, 5.74) is -0.158. The van der Waals surface area contributed by atoms with Crippen LogP contribution in [0.15, 0.2) is 46.6 Å². The van der Waals surface area contributed by atoms with Gasteiger partial charge in [0.05, 0.1) is 24.5 Å². The van der Waals surface area contributed by atoms with Crippen molar-refractivity contribution in [3.05, 3.63) is 59.3 Å². The van der Waals surface area contributed by atoms with Crippen LogP contribution in [0.3, 0.4) is 0 Å². The highest BCUT2D eigenvalue weighted by molar-refractivity contribution is 6.46. The molecular weight excluding hydrogens is 379 g/mol. The van der Waals surface area contributed by atoms with Crippen LogP contribution >= 0.6 is 0 Å². The predicted molar refractivity (Wildman–Crippen MR) is 104 cm³/mol. The molecule has 154 valence electrons. The van der Waals surface area contributed by atoms with Gasteiger partial charge in [-0.25, -0.2) is 4.39 Å². The molecule has 1 aromatic heterocycles. The van der Waals surface area contributed by atoms with Crippen molar-refractivity contribution in [2.24, 2.45) is 0 Å². The number of likely N-dealkylation sites (tertiary alicyclic amines) is 1. The third-order valence-corrected chi connectivity index (χ3v) is 4.77. The maximum atomic E-state index is 13.8. The van der Waals surface area contributed by atoms with Gasteiger partial charge in [-0.15, -0.1) is 0 Å². The van der Waals surface area contributed by atoms with E-state index in [1.54, 1.807) is 12.1 Å². The Labute approximate surface area is 168 Å². The Kier molecular flexibility index (Phi) is 6.03. The molecule has 0 unspecified atom stereocenters. The lowest BCUT2D eigenvalue weighted by atomic mass is 9.98. The van der Waals surface area contributed by atoms with Gasteiger partial charge in [0, 0.05) is 6.54 Å². The van der Waals surface area contributed by atoms with E-state index < -0.39 is 29.3 Å². The minimum Gasteiger partial charge on any atom is -0.507 e. The first-order chi connectivity index (χ1) is 13.8. The van der Waals surface area contributed by atoms with E-state index in [0.717, 1.165) is 6.07 Å². The molecule has 2 aromatic rings. The Morgan fingerprint density at radius 2 is 2.07 bits per heavy atom. The minimum atomic E-state index is -0.903. The van der Waals surface area contributed by atoms with Gasteiger partial charge in [-0.05, 0) is 57.4 Å². The second-order valence-corrected chi connectivity index (χ2v) is 7.01. The van der Waals surface area contributed by atoms with E-state index in [1.807, 2.05) is 19.0 Å². The van der Waals surface area contributed by atoms with Gasteiger partial charge in [0.25, 0.3) is 11.7 Å². The molecule has 2 heterocycles. The standard InChI is InChI=1S/C21H23FN2O5/c1-23(2)9-5-10-24-18(16-6-4-11-29-16)17(20(26)21(24)27)19(25)14-12-13(22)7-8-15(14)28-3/h4,6-8,11-12,18,25H,5,9-10H2,1-3H3/b19-17+/t18-/m0/s1. The molecule has 1 aromatic carbocycles. The fourth-order valence-corrected chi connectivity index (χ4v) is 3.42. The Balaban J connectivity index is 2.10. The molecule has 0 saturated carbocycles. The number of ketones is 1. The van der Waals surface area contributed by atoms with Crippen molar-refractivity contribution < 1.29 is 28.2 Å². The van der Waals surface area contributed by atoms with Gasteiger partial charge in [0.15, 0.2) is 0 Å². The SMILES string of the molecule is COc1ccc(F)cc1/C(O)=C1\C(=O)C(=O)N(CCCN(C)C)[C@H]1c1ccco1. The number of hydrogen-bond donors (Lipinski definition) is 1. The van der Waals surface area contributed by atoms with Crippen molar-refractivity contribution in [2.45, 2.75) is 12.5 Å². The summed E-state index contributed by atoms with van der Waals surface area (Å²) in [6.07, 6.45) is 2.05. The van der Waals surface area contributed by atoms with E-state index in [-0.39, 0.29) is 16.9 Å². The zero-order valence-electron chi connectivity index (χ0n) is 16.5. The third kappa shape index (κ3) is 4.02. The highest BCUT2D eigenvalue weighted by atomic mass is 19.1. The van der Waals surface area contributed by atoms with Gasteiger partial charge in [0.1, 0.15) is 29.1 Å². The highest BCUT2D eigenvalue weighted by Crippen LogP contribution is 2.41. The second kappa shape index (κ2) is 8.48. The lowest BCUT2D eigenvalue weighted by Gasteiger charge is -2.24. The van der Waals surface area contributed by atoms with Crippen LogP contribution in [0.25, 0.3) is 5.76 Å². The number of ether oxygens (including phenoxy) is 1. The second-order valence-electron chi connectivity index (χ2n) is 7.01. The number of amides is 1. The molecule has 1 saturated heterocycles. The summed E-state index contributed by atoms with van der Waals surface area (Å²) in [5, 5.41) is 10.9. The molecule has 1 fully saturated rings. The van der Waals surface area contributed by atoms with Crippen molar-refractivity contribution in [1.82, 2.24) is 9.80 Å². The zero-order valence-corrected chi connectivity index (χ0v) is 16.5. The molecule has 0 radical (unpaired) electrons.